The number of nitrogens with one attached hydrogen (secondary N) is 3. The summed E-state index contributed by atoms with van der Waals surface area (Å²) in [5, 5.41) is 22.7. The van der Waals surface area contributed by atoms with Crippen molar-refractivity contribution in [2.24, 2.45) is 11.5 Å². The van der Waals surface area contributed by atoms with Crippen molar-refractivity contribution in [3.05, 3.63) is 63.2 Å². The number of nitrogens with zero attached hydrogens (tertiary/aromatic N) is 2. The lowest BCUT2D eigenvalue weighted by atomic mass is 10.1. The second-order valence-electron chi connectivity index (χ2n) is 13.9. The molecule has 70 heavy (non-hydrogen) atoms. The number of aliphatic hydroxyl groups excluding tert-OH is 2. The Morgan fingerprint density at radius 2 is 1.19 bits per heavy atom. The number of phosphoric ester groups is 2. The van der Waals surface area contributed by atoms with E-state index in [0.717, 1.165) is 21.8 Å². The largest absolute Gasteiger partial charge is 0.490 e. The van der Waals surface area contributed by atoms with Crippen LogP contribution >= 0.6 is 69.5 Å². The highest BCUT2D eigenvalue weighted by molar-refractivity contribution is 14.1. The molecule has 17 N–H and O–H groups in total. The van der Waals surface area contributed by atoms with Crippen molar-refractivity contribution in [2.75, 3.05) is 26.3 Å². The molecule has 0 saturated carbocycles. The van der Waals surface area contributed by atoms with Crippen LogP contribution in [0.15, 0.2) is 31.6 Å². The van der Waals surface area contributed by atoms with E-state index in [2.05, 4.69) is 43.4 Å². The van der Waals surface area contributed by atoms with Gasteiger partial charge in [-0.3, -0.25) is 42.5 Å². The first-order valence-corrected chi connectivity index (χ1v) is 29.0. The minimum atomic E-state index is -5.75. The van der Waals surface area contributed by atoms with Crippen molar-refractivity contribution in [3.8, 4) is 11.8 Å². The van der Waals surface area contributed by atoms with Gasteiger partial charge in [0.2, 0.25) is 5.91 Å². The fourth-order valence-electron chi connectivity index (χ4n) is 5.52. The van der Waals surface area contributed by atoms with Crippen molar-refractivity contribution < 1.29 is 117 Å². The van der Waals surface area contributed by atoms with Crippen LogP contribution in [-0.4, -0.2) is 131 Å². The second-order valence-corrected chi connectivity index (χ2v) is 23.9. The summed E-state index contributed by atoms with van der Waals surface area (Å²) in [6, 6.07) is -0.760. The summed E-state index contributed by atoms with van der Waals surface area (Å²) in [6.07, 6.45) is -4.23. The number of H-pyrrole nitrogens is 2. The Hall–Kier alpha value is -2.30. The van der Waals surface area contributed by atoms with E-state index in [9.17, 15) is 76.3 Å². The molecule has 2 aliphatic heterocycles. The van der Waals surface area contributed by atoms with Crippen molar-refractivity contribution >= 4 is 75.4 Å². The number of aromatic nitrogens is 4. The predicted molar refractivity (Wildman–Crippen MR) is 235 cm³/mol. The molecule has 2 aromatic heterocycles. The van der Waals surface area contributed by atoms with Crippen molar-refractivity contribution in [1.29, 1.82) is 0 Å². The number of hydrogen-bond acceptors (Lipinski definition) is 23. The fourth-order valence-corrected chi connectivity index (χ4v) is 12.0. The van der Waals surface area contributed by atoms with Gasteiger partial charge in [-0.1, -0.05) is 18.3 Å². The summed E-state index contributed by atoms with van der Waals surface area (Å²) in [7, 11) is -33.4. The van der Waals surface area contributed by atoms with Gasteiger partial charge in [0.1, 0.15) is 30.2 Å². The van der Waals surface area contributed by atoms with E-state index in [0.29, 0.717) is 19.4 Å². The Morgan fingerprint density at radius 1 is 0.743 bits per heavy atom. The number of carbonyl (C=O) groups is 1. The van der Waals surface area contributed by atoms with Gasteiger partial charge >= 0.3 is 58.3 Å². The Labute approximate surface area is 403 Å². The SMILES string of the molecule is NCCCCC(N)C(=O)NCC#Cc1cn([C@H]2CC(O)[C@@H](COP(=O)(O)OP(=O)(O)OP(=O)(O)O)O2)c(=O)[nH]c1=O.O=c1[nH]c(=O)n([C@H]2CC(O)[C@@H](COP(=O)(O)OP(=O)(O)OP(=O)(O)O)O2)cc1I. The van der Waals surface area contributed by atoms with Crippen LogP contribution in [0, 0.1) is 15.4 Å². The van der Waals surface area contributed by atoms with Crippen LogP contribution in [0.5, 0.6) is 0 Å². The van der Waals surface area contributed by atoms with Crippen LogP contribution in [0.2, 0.25) is 0 Å². The molecule has 0 aromatic carbocycles. The lowest BCUT2D eigenvalue weighted by molar-refractivity contribution is -0.122. The number of aromatic amines is 2. The van der Waals surface area contributed by atoms with Crippen LogP contribution in [0.4, 0.5) is 0 Å². The first-order valence-electron chi connectivity index (χ1n) is 18.8. The van der Waals surface area contributed by atoms with Gasteiger partial charge in [0.05, 0.1) is 41.6 Å². The average Bonchev–Trinajstić information content (AvgIpc) is 3.75. The Bertz CT molecular complexity index is 2780. The quantitative estimate of drug-likeness (QED) is 0.0236. The summed E-state index contributed by atoms with van der Waals surface area (Å²) in [5.41, 5.74) is 7.68. The summed E-state index contributed by atoms with van der Waals surface area (Å²) >= 11 is 1.66. The zero-order chi connectivity index (χ0) is 53.2. The average molecular weight is 1240 g/mol. The molecule has 2 aromatic rings. The van der Waals surface area contributed by atoms with Gasteiger partial charge < -0.3 is 75.6 Å². The van der Waals surface area contributed by atoms with Gasteiger partial charge in [-0.15, -0.1) is 0 Å². The number of aliphatic hydroxyl groups is 2. The monoisotopic (exact) mass is 1240 g/mol. The maximum Gasteiger partial charge on any atom is 0.490 e. The molecule has 4 rings (SSSR count). The van der Waals surface area contributed by atoms with Crippen LogP contribution in [0.1, 0.15) is 50.1 Å². The first-order chi connectivity index (χ1) is 32.0. The van der Waals surface area contributed by atoms with Gasteiger partial charge in [0, 0.05) is 25.2 Å². The molecular formula is C27H44IN7O29P6. The molecule has 0 bridgehead atoms. The minimum Gasteiger partial charge on any atom is -0.390 e. The number of carbonyl (C=O) groups excluding carboxylic acids is 1. The van der Waals surface area contributed by atoms with E-state index in [1.807, 2.05) is 9.97 Å². The smallest absolute Gasteiger partial charge is 0.390 e. The third kappa shape index (κ3) is 21.3. The van der Waals surface area contributed by atoms with Gasteiger partial charge in [-0.05, 0) is 42.0 Å². The normalized spacial score (nSPS) is 24.4. The van der Waals surface area contributed by atoms with Crippen molar-refractivity contribution in [1.82, 2.24) is 24.4 Å². The van der Waals surface area contributed by atoms with Crippen LogP contribution in [0.25, 0.3) is 0 Å². The lowest BCUT2D eigenvalue weighted by Gasteiger charge is -2.19. The van der Waals surface area contributed by atoms with E-state index in [1.165, 1.54) is 6.20 Å². The number of rotatable bonds is 22. The number of phosphoric acid groups is 6. The molecule has 0 spiro atoms. The van der Waals surface area contributed by atoms with E-state index in [1.54, 1.807) is 22.6 Å². The molecule has 1 amide bonds. The van der Waals surface area contributed by atoms with Gasteiger partial charge in [-0.25, -0.2) is 37.0 Å². The Morgan fingerprint density at radius 3 is 1.63 bits per heavy atom. The fraction of sp³-hybridized carbons (Fsp3) is 0.593. The van der Waals surface area contributed by atoms with Crippen molar-refractivity contribution in [2.45, 2.75) is 75.0 Å². The maximum atomic E-state index is 12.3. The maximum absolute atomic E-state index is 12.3. The third-order valence-corrected chi connectivity index (χ3v) is 16.8. The number of unbranched alkanes of at least 4 members (excludes halogenated alkanes) is 1. The van der Waals surface area contributed by atoms with E-state index in [4.69, 9.17) is 45.4 Å². The summed E-state index contributed by atoms with van der Waals surface area (Å²) < 4.78 is 103. The molecule has 36 nitrogen and oxygen atoms in total. The van der Waals surface area contributed by atoms with Gasteiger partial charge in [-0.2, -0.15) is 17.2 Å². The number of hydrogen-bond donors (Lipinski definition) is 15. The number of halogens is 1. The molecule has 2 saturated heterocycles. The van der Waals surface area contributed by atoms with E-state index >= 15 is 0 Å². The zero-order valence-electron chi connectivity index (χ0n) is 34.9. The van der Waals surface area contributed by atoms with E-state index < -0.39 is 131 Å². The number of amides is 1. The molecule has 398 valence electrons. The molecular weight excluding hydrogens is 1200 g/mol. The van der Waals surface area contributed by atoms with Crippen LogP contribution < -0.4 is 39.3 Å². The summed E-state index contributed by atoms with van der Waals surface area (Å²) in [6.45, 7) is -1.52. The molecule has 7 unspecified atom stereocenters. The van der Waals surface area contributed by atoms with Gasteiger partial charge in [0.25, 0.3) is 11.1 Å². The van der Waals surface area contributed by atoms with Gasteiger partial charge in [0.15, 0.2) is 0 Å². The molecule has 4 heterocycles. The standard InChI is InChI=1S/C18H30N5O15P3.C9H14IN2O14P3/c19-6-2-1-5-12(20)17(26)21-7-3-4-11-9-23(18(27)22-16(11)25)15-8-13(24)14(36-15)10-35-40(31,32)38-41(33,34)37-39(28,29)30;10-4-2-12(9(15)11-8(4)14)7-1-5(13)6(24-7)3-23-28(19,20)26-29(21,22)25-27(16,17)18/h9,12-15,24H,1-2,5-8,10,19-20H2,(H,21,26)(H,31,32)(H,33,34)(H,22,25,27)(H2,28,29,30);2,5-7,13H,1,3H2,(H,19,20)(H,21,22)(H,11,14,15)(H2,16,17,18)/t12?,13?,14-,15-;5?,6-,7-/m11/s1. The third-order valence-electron chi connectivity index (χ3n) is 8.44. The molecule has 2 fully saturated rings. The highest BCUT2D eigenvalue weighted by atomic mass is 127. The Balaban J connectivity index is 0.000000392. The molecule has 43 heteroatoms. The zero-order valence-corrected chi connectivity index (χ0v) is 42.4. The topological polar surface area (TPSA) is 569 Å². The molecule has 0 radical (unpaired) electrons. The predicted octanol–water partition coefficient (Wildman–Crippen LogP) is -3.41. The minimum absolute atomic E-state index is 0.150. The Kier molecular flexibility index (Phi) is 22.8. The highest BCUT2D eigenvalue weighted by Gasteiger charge is 2.45. The lowest BCUT2D eigenvalue weighted by Crippen LogP contribution is -2.40. The molecule has 0 aliphatic carbocycles. The second kappa shape index (κ2) is 25.8. The summed E-state index contributed by atoms with van der Waals surface area (Å²) in [5.74, 6) is 4.57. The highest BCUT2D eigenvalue weighted by Crippen LogP contribution is 2.67. The molecule has 11 atom stereocenters. The number of nitrogens with two attached hydrogens (primary N) is 2. The van der Waals surface area contributed by atoms with Crippen molar-refractivity contribution in [3.63, 3.8) is 0 Å². The summed E-state index contributed by atoms with van der Waals surface area (Å²) in [4.78, 5) is 135. The van der Waals surface area contributed by atoms with E-state index in [-0.39, 0.29) is 28.5 Å². The first kappa shape index (κ1) is 62.0. The van der Waals surface area contributed by atoms with Crippen LogP contribution in [0.3, 0.4) is 0 Å². The molecule has 2 aliphatic rings. The van der Waals surface area contributed by atoms with Crippen LogP contribution in [-0.2, 0) is 67.9 Å². The number of ether oxygens (including phenoxy) is 2.